The average Bonchev–Trinajstić information content (AvgIpc) is 3.21. The van der Waals surface area contributed by atoms with Gasteiger partial charge >= 0.3 is 12.2 Å². The molecule has 33 heavy (non-hydrogen) atoms. The number of aromatic nitrogens is 1. The lowest BCUT2D eigenvalue weighted by Gasteiger charge is -2.44. The number of alkyl halides is 4. The number of para-hydroxylation sites is 1. The maximum absolute atomic E-state index is 15.4. The average molecular weight is 488 g/mol. The number of hydrogen-bond donors (Lipinski definition) is 1. The van der Waals surface area contributed by atoms with Crippen molar-refractivity contribution in [1.82, 2.24) is 14.2 Å². The lowest BCUT2D eigenvalue weighted by molar-refractivity contribution is -0.138. The van der Waals surface area contributed by atoms with E-state index >= 15 is 4.39 Å². The van der Waals surface area contributed by atoms with Gasteiger partial charge in [0.2, 0.25) is 0 Å². The number of halogens is 4. The molecule has 2 amide bonds. The molecule has 4 rings (SSSR count). The van der Waals surface area contributed by atoms with Crippen molar-refractivity contribution in [1.29, 1.82) is 0 Å². The summed E-state index contributed by atoms with van der Waals surface area (Å²) in [5, 5.41) is 2.00. The predicted octanol–water partition coefficient (Wildman–Crippen LogP) is 3.09. The number of ether oxygens (including phenoxy) is 1. The Kier molecular flexibility index (Phi) is 6.05. The highest BCUT2D eigenvalue weighted by molar-refractivity contribution is 7.89. The number of nitrogens with zero attached hydrogens (tertiary/aromatic N) is 3. The van der Waals surface area contributed by atoms with Crippen LogP contribution in [0.1, 0.15) is 12.0 Å². The molecule has 13 heteroatoms. The third-order valence-corrected chi connectivity index (χ3v) is 7.45. The number of nitrogens with one attached hydrogen (secondary N) is 1. The summed E-state index contributed by atoms with van der Waals surface area (Å²) in [6.45, 7) is -0.713. The molecule has 2 aromatic rings. The van der Waals surface area contributed by atoms with E-state index in [1.807, 2.05) is 0 Å². The van der Waals surface area contributed by atoms with Crippen LogP contribution < -0.4 is 5.32 Å². The molecular weight excluding hydrogens is 468 g/mol. The monoisotopic (exact) mass is 488 g/mol. The zero-order valence-corrected chi connectivity index (χ0v) is 17.9. The molecule has 3 heterocycles. The van der Waals surface area contributed by atoms with E-state index in [0.717, 1.165) is 10.4 Å². The van der Waals surface area contributed by atoms with Gasteiger partial charge in [-0.1, -0.05) is 18.2 Å². The number of likely N-dealkylation sites (tertiary alicyclic amines) is 1. The highest BCUT2D eigenvalue weighted by Crippen LogP contribution is 2.40. The number of pyridine rings is 1. The molecule has 0 bridgehead atoms. The van der Waals surface area contributed by atoms with Gasteiger partial charge < -0.3 is 15.0 Å². The number of rotatable bonds is 3. The second kappa shape index (κ2) is 8.54. The minimum absolute atomic E-state index is 0.00550. The predicted molar refractivity (Wildman–Crippen MR) is 108 cm³/mol. The Morgan fingerprint density at radius 2 is 1.88 bits per heavy atom. The van der Waals surface area contributed by atoms with Crippen molar-refractivity contribution in [2.24, 2.45) is 0 Å². The quantitative estimate of drug-likeness (QED) is 0.671. The van der Waals surface area contributed by atoms with Gasteiger partial charge in [0.05, 0.1) is 18.7 Å². The summed E-state index contributed by atoms with van der Waals surface area (Å²) < 4.78 is 86.3. The second-order valence-electron chi connectivity index (χ2n) is 7.61. The summed E-state index contributed by atoms with van der Waals surface area (Å²) in [4.78, 5) is 17.2. The highest BCUT2D eigenvalue weighted by atomic mass is 32.2. The summed E-state index contributed by atoms with van der Waals surface area (Å²) in [5.74, 6) is 0. The van der Waals surface area contributed by atoms with Crippen molar-refractivity contribution in [3.05, 3.63) is 54.2 Å². The maximum Gasteiger partial charge on any atom is 0.417 e. The number of carbonyl (C=O) groups is 1. The van der Waals surface area contributed by atoms with E-state index in [2.05, 4.69) is 10.3 Å². The standard InChI is InChI=1S/C20H20F4N4O4S/c21-16-13-27(18(29)26-15-4-2-1-3-5-15)9-8-19(16)28(10-11-32-19)33(30,31)17-7-6-14(12-25-17)20(22,23)24/h1-7,12,16H,8-11,13H2,(H,26,29). The Bertz CT molecular complexity index is 1120. The van der Waals surface area contributed by atoms with E-state index in [-0.39, 0.29) is 26.1 Å². The molecule has 0 aliphatic carbocycles. The van der Waals surface area contributed by atoms with Gasteiger partial charge in [-0.05, 0) is 24.3 Å². The molecule has 2 atom stereocenters. The van der Waals surface area contributed by atoms with Crippen molar-refractivity contribution < 1.29 is 35.5 Å². The minimum Gasteiger partial charge on any atom is -0.355 e. The highest BCUT2D eigenvalue weighted by Gasteiger charge is 2.57. The summed E-state index contributed by atoms with van der Waals surface area (Å²) in [6, 6.07) is 9.36. The zero-order valence-electron chi connectivity index (χ0n) is 17.1. The first-order valence-electron chi connectivity index (χ1n) is 9.99. The van der Waals surface area contributed by atoms with Gasteiger partial charge in [-0.25, -0.2) is 22.6 Å². The number of sulfonamides is 1. The molecule has 1 spiro atoms. The van der Waals surface area contributed by atoms with Crippen molar-refractivity contribution in [3.8, 4) is 0 Å². The van der Waals surface area contributed by atoms with Crippen LogP contribution in [0.2, 0.25) is 0 Å². The Hall–Kier alpha value is -2.77. The van der Waals surface area contributed by atoms with E-state index in [9.17, 15) is 26.4 Å². The first-order chi connectivity index (χ1) is 15.5. The third-order valence-electron chi connectivity index (χ3n) is 5.61. The Balaban J connectivity index is 1.52. The molecule has 2 saturated heterocycles. The van der Waals surface area contributed by atoms with Crippen LogP contribution in [0, 0.1) is 0 Å². The van der Waals surface area contributed by atoms with Gasteiger partial charge in [-0.2, -0.15) is 17.5 Å². The number of amides is 2. The van der Waals surface area contributed by atoms with Crippen LogP contribution in [0.3, 0.4) is 0 Å². The van der Waals surface area contributed by atoms with Crippen LogP contribution in [0.4, 0.5) is 28.0 Å². The van der Waals surface area contributed by atoms with Crippen LogP contribution in [0.5, 0.6) is 0 Å². The van der Waals surface area contributed by atoms with Gasteiger partial charge in [0, 0.05) is 31.4 Å². The molecule has 0 radical (unpaired) electrons. The van der Waals surface area contributed by atoms with Crippen LogP contribution in [0.25, 0.3) is 0 Å². The Morgan fingerprint density at radius 3 is 2.48 bits per heavy atom. The van der Waals surface area contributed by atoms with Gasteiger partial charge in [-0.3, -0.25) is 0 Å². The minimum atomic E-state index is -4.68. The summed E-state index contributed by atoms with van der Waals surface area (Å²) in [6.07, 6.45) is -6.31. The lowest BCUT2D eigenvalue weighted by Crippen LogP contribution is -2.63. The van der Waals surface area contributed by atoms with E-state index in [4.69, 9.17) is 4.74 Å². The molecule has 2 aliphatic heterocycles. The van der Waals surface area contributed by atoms with Crippen LogP contribution >= 0.6 is 0 Å². The van der Waals surface area contributed by atoms with Gasteiger partial charge in [0.1, 0.15) is 0 Å². The van der Waals surface area contributed by atoms with Gasteiger partial charge in [0.25, 0.3) is 10.0 Å². The number of carbonyl (C=O) groups excluding carboxylic acids is 1. The van der Waals surface area contributed by atoms with Crippen molar-refractivity contribution in [3.63, 3.8) is 0 Å². The van der Waals surface area contributed by atoms with Crippen LogP contribution in [0.15, 0.2) is 53.7 Å². The SMILES string of the molecule is O=C(Nc1ccccc1)N1CCC2(OCCN2S(=O)(=O)c2ccc(C(F)(F)F)cn2)C(F)C1. The molecule has 1 aromatic carbocycles. The molecule has 1 aromatic heterocycles. The summed E-state index contributed by atoms with van der Waals surface area (Å²) in [5.41, 5.74) is -2.45. The summed E-state index contributed by atoms with van der Waals surface area (Å²) >= 11 is 0. The Labute approximate surface area is 187 Å². The molecular formula is C20H20F4N4O4S. The normalized spacial score (nSPS) is 24.2. The molecule has 2 unspecified atom stereocenters. The lowest BCUT2D eigenvalue weighted by atomic mass is 9.99. The Morgan fingerprint density at radius 1 is 1.15 bits per heavy atom. The first-order valence-corrected chi connectivity index (χ1v) is 11.4. The molecule has 2 aliphatic rings. The van der Waals surface area contributed by atoms with Crippen LogP contribution in [-0.2, 0) is 20.9 Å². The number of benzene rings is 1. The van der Waals surface area contributed by atoms with Crippen molar-refractivity contribution >= 4 is 21.7 Å². The first kappa shape index (κ1) is 23.4. The third kappa shape index (κ3) is 4.39. The molecule has 0 saturated carbocycles. The number of anilines is 1. The van der Waals surface area contributed by atoms with Gasteiger partial charge in [0.15, 0.2) is 16.9 Å². The van der Waals surface area contributed by atoms with Gasteiger partial charge in [-0.15, -0.1) is 0 Å². The van der Waals surface area contributed by atoms with Crippen LogP contribution in [-0.4, -0.2) is 66.8 Å². The molecule has 8 nitrogen and oxygen atoms in total. The second-order valence-corrected chi connectivity index (χ2v) is 9.42. The van der Waals surface area contributed by atoms with E-state index in [1.165, 1.54) is 4.90 Å². The van der Waals surface area contributed by atoms with E-state index in [1.54, 1.807) is 30.3 Å². The largest absolute Gasteiger partial charge is 0.417 e. The zero-order chi connectivity index (χ0) is 23.9. The summed E-state index contributed by atoms with van der Waals surface area (Å²) in [7, 11) is -4.46. The number of piperidine rings is 1. The number of urea groups is 1. The topological polar surface area (TPSA) is 91.8 Å². The fourth-order valence-electron chi connectivity index (χ4n) is 3.93. The fourth-order valence-corrected chi connectivity index (χ4v) is 5.57. The fraction of sp³-hybridized carbons (Fsp3) is 0.400. The van der Waals surface area contributed by atoms with E-state index in [0.29, 0.717) is 18.0 Å². The van der Waals surface area contributed by atoms with Crippen molar-refractivity contribution in [2.75, 3.05) is 31.6 Å². The molecule has 178 valence electrons. The molecule has 1 N–H and O–H groups in total. The van der Waals surface area contributed by atoms with Crippen molar-refractivity contribution in [2.45, 2.75) is 29.5 Å². The number of hydrogen-bond acceptors (Lipinski definition) is 5. The van der Waals surface area contributed by atoms with E-state index < -0.39 is 51.3 Å². The molecule has 2 fully saturated rings. The maximum atomic E-state index is 15.4. The smallest absolute Gasteiger partial charge is 0.355 e.